The zero-order chi connectivity index (χ0) is 13.1. The third-order valence-corrected chi connectivity index (χ3v) is 3.35. The van der Waals surface area contributed by atoms with Gasteiger partial charge in [0.1, 0.15) is 11.5 Å². The summed E-state index contributed by atoms with van der Waals surface area (Å²) in [5, 5.41) is 0. The number of anilines is 1. The van der Waals surface area contributed by atoms with E-state index >= 15 is 0 Å². The summed E-state index contributed by atoms with van der Waals surface area (Å²) in [6.45, 7) is 3.22. The smallest absolute Gasteiger partial charge is 0.123 e. The van der Waals surface area contributed by atoms with Crippen LogP contribution >= 0.6 is 15.9 Å². The lowest BCUT2D eigenvalue weighted by Gasteiger charge is -2.21. The number of benzene rings is 1. The Bertz CT molecular complexity index is 536. The van der Waals surface area contributed by atoms with E-state index < -0.39 is 0 Å². The van der Waals surface area contributed by atoms with E-state index in [4.69, 9.17) is 10.2 Å². The largest absolute Gasteiger partial charge is 0.464 e. The molecular formula is C14H17BrN2O. The van der Waals surface area contributed by atoms with Gasteiger partial charge in [0.15, 0.2) is 0 Å². The van der Waals surface area contributed by atoms with E-state index in [2.05, 4.69) is 33.0 Å². The van der Waals surface area contributed by atoms with E-state index in [1.165, 1.54) is 0 Å². The zero-order valence-electron chi connectivity index (χ0n) is 10.6. The number of furan rings is 1. The van der Waals surface area contributed by atoms with Crippen molar-refractivity contribution < 1.29 is 4.42 Å². The van der Waals surface area contributed by atoms with E-state index in [1.807, 2.05) is 32.2 Å². The van der Waals surface area contributed by atoms with Crippen molar-refractivity contribution in [1.29, 1.82) is 0 Å². The van der Waals surface area contributed by atoms with Crippen molar-refractivity contribution in [2.24, 2.45) is 5.73 Å². The Labute approximate surface area is 116 Å². The number of hydrogen-bond acceptors (Lipinski definition) is 3. The van der Waals surface area contributed by atoms with Gasteiger partial charge in [0.2, 0.25) is 0 Å². The summed E-state index contributed by atoms with van der Waals surface area (Å²) in [6.07, 6.45) is 0. The molecule has 18 heavy (non-hydrogen) atoms. The number of hydrogen-bond donors (Lipinski definition) is 1. The van der Waals surface area contributed by atoms with Crippen LogP contribution in [0, 0.1) is 6.92 Å². The normalized spacial score (nSPS) is 10.7. The van der Waals surface area contributed by atoms with Crippen molar-refractivity contribution in [3.05, 3.63) is 51.9 Å². The molecule has 1 heterocycles. The Morgan fingerprint density at radius 2 is 2.06 bits per heavy atom. The second-order valence-corrected chi connectivity index (χ2v) is 5.26. The molecule has 2 aromatic rings. The highest BCUT2D eigenvalue weighted by Crippen LogP contribution is 2.25. The molecule has 4 heteroatoms. The molecule has 3 nitrogen and oxygen atoms in total. The Balaban J connectivity index is 2.20. The van der Waals surface area contributed by atoms with Crippen LogP contribution in [-0.4, -0.2) is 7.05 Å². The summed E-state index contributed by atoms with van der Waals surface area (Å²) >= 11 is 3.46. The molecule has 0 saturated carbocycles. The van der Waals surface area contributed by atoms with Crippen LogP contribution in [0.2, 0.25) is 0 Å². The summed E-state index contributed by atoms with van der Waals surface area (Å²) in [7, 11) is 2.04. The summed E-state index contributed by atoms with van der Waals surface area (Å²) in [5.41, 5.74) is 8.04. The van der Waals surface area contributed by atoms with E-state index in [1.54, 1.807) is 0 Å². The first-order valence-corrected chi connectivity index (χ1v) is 6.64. The molecule has 0 radical (unpaired) electrons. The standard InChI is InChI=1S/C14H17BrN2O/c1-10-3-5-13(18-10)9-17(2)14-6-4-12(15)7-11(14)8-16/h3-7H,8-9,16H2,1-2H3. The number of aryl methyl sites for hydroxylation is 1. The topological polar surface area (TPSA) is 42.4 Å². The predicted molar refractivity (Wildman–Crippen MR) is 77.6 cm³/mol. The first-order chi connectivity index (χ1) is 8.60. The minimum Gasteiger partial charge on any atom is -0.464 e. The van der Waals surface area contributed by atoms with Crippen LogP contribution in [0.15, 0.2) is 39.2 Å². The second-order valence-electron chi connectivity index (χ2n) is 4.35. The lowest BCUT2D eigenvalue weighted by molar-refractivity contribution is 0.481. The lowest BCUT2D eigenvalue weighted by Crippen LogP contribution is -2.18. The van der Waals surface area contributed by atoms with Crippen molar-refractivity contribution >= 4 is 21.6 Å². The van der Waals surface area contributed by atoms with Gasteiger partial charge in [0.05, 0.1) is 6.54 Å². The van der Waals surface area contributed by atoms with Gasteiger partial charge in [-0.2, -0.15) is 0 Å². The van der Waals surface area contributed by atoms with Gasteiger partial charge >= 0.3 is 0 Å². The van der Waals surface area contributed by atoms with E-state index in [-0.39, 0.29) is 0 Å². The minimum absolute atomic E-state index is 0.524. The van der Waals surface area contributed by atoms with Crippen LogP contribution in [0.4, 0.5) is 5.69 Å². The molecule has 0 spiro atoms. The zero-order valence-corrected chi connectivity index (χ0v) is 12.2. The van der Waals surface area contributed by atoms with Gasteiger partial charge in [-0.1, -0.05) is 15.9 Å². The summed E-state index contributed by atoms with van der Waals surface area (Å²) in [4.78, 5) is 2.15. The molecule has 0 unspecified atom stereocenters. The van der Waals surface area contributed by atoms with Gasteiger partial charge in [-0.25, -0.2) is 0 Å². The highest BCUT2D eigenvalue weighted by Gasteiger charge is 2.09. The van der Waals surface area contributed by atoms with Crippen LogP contribution in [0.1, 0.15) is 17.1 Å². The molecule has 0 aliphatic rings. The van der Waals surface area contributed by atoms with Crippen LogP contribution in [0.5, 0.6) is 0 Å². The van der Waals surface area contributed by atoms with Gasteiger partial charge in [-0.15, -0.1) is 0 Å². The molecule has 0 saturated heterocycles. The molecule has 2 N–H and O–H groups in total. The maximum atomic E-state index is 5.78. The average molecular weight is 309 g/mol. The highest BCUT2D eigenvalue weighted by atomic mass is 79.9. The molecule has 1 aromatic carbocycles. The SMILES string of the molecule is Cc1ccc(CN(C)c2ccc(Br)cc2CN)o1. The molecule has 96 valence electrons. The fourth-order valence-corrected chi connectivity index (χ4v) is 2.39. The predicted octanol–water partition coefficient (Wildman–Crippen LogP) is 3.45. The third kappa shape index (κ3) is 2.94. The quantitative estimate of drug-likeness (QED) is 0.940. The van der Waals surface area contributed by atoms with Crippen molar-refractivity contribution in [1.82, 2.24) is 0 Å². The molecule has 2 rings (SSSR count). The Hall–Kier alpha value is -1.26. The molecule has 0 fully saturated rings. The monoisotopic (exact) mass is 308 g/mol. The molecular weight excluding hydrogens is 292 g/mol. The van der Waals surface area contributed by atoms with Crippen molar-refractivity contribution in [3.63, 3.8) is 0 Å². The number of rotatable bonds is 4. The molecule has 0 amide bonds. The van der Waals surface area contributed by atoms with E-state index in [0.717, 1.165) is 33.8 Å². The second kappa shape index (κ2) is 5.59. The molecule has 0 aliphatic carbocycles. The maximum absolute atomic E-state index is 5.78. The van der Waals surface area contributed by atoms with Crippen LogP contribution in [-0.2, 0) is 13.1 Å². The maximum Gasteiger partial charge on any atom is 0.123 e. The number of halogens is 1. The number of nitrogens with two attached hydrogens (primary N) is 1. The summed E-state index contributed by atoms with van der Waals surface area (Å²) in [6, 6.07) is 10.1. The first kappa shape index (κ1) is 13.2. The van der Waals surface area contributed by atoms with E-state index in [9.17, 15) is 0 Å². The molecule has 1 aromatic heterocycles. The van der Waals surface area contributed by atoms with Gasteiger partial charge in [-0.3, -0.25) is 0 Å². The van der Waals surface area contributed by atoms with Crippen LogP contribution in [0.3, 0.4) is 0 Å². The average Bonchev–Trinajstić information content (AvgIpc) is 2.74. The van der Waals surface area contributed by atoms with Gasteiger partial charge in [0, 0.05) is 23.8 Å². The Kier molecular flexibility index (Phi) is 4.09. The van der Waals surface area contributed by atoms with E-state index in [0.29, 0.717) is 6.54 Å². The fourth-order valence-electron chi connectivity index (χ4n) is 1.98. The molecule has 0 aliphatic heterocycles. The molecule has 0 atom stereocenters. The summed E-state index contributed by atoms with van der Waals surface area (Å²) in [5.74, 6) is 1.90. The third-order valence-electron chi connectivity index (χ3n) is 2.86. The highest BCUT2D eigenvalue weighted by molar-refractivity contribution is 9.10. The van der Waals surface area contributed by atoms with Crippen molar-refractivity contribution in [3.8, 4) is 0 Å². The van der Waals surface area contributed by atoms with Crippen LogP contribution < -0.4 is 10.6 Å². The fraction of sp³-hybridized carbons (Fsp3) is 0.286. The summed E-state index contributed by atoms with van der Waals surface area (Å²) < 4.78 is 6.64. The Morgan fingerprint density at radius 1 is 1.28 bits per heavy atom. The van der Waals surface area contributed by atoms with Crippen LogP contribution in [0.25, 0.3) is 0 Å². The molecule has 0 bridgehead atoms. The lowest BCUT2D eigenvalue weighted by atomic mass is 10.1. The van der Waals surface area contributed by atoms with Gasteiger partial charge in [0.25, 0.3) is 0 Å². The van der Waals surface area contributed by atoms with Crippen molar-refractivity contribution in [2.45, 2.75) is 20.0 Å². The van der Waals surface area contributed by atoms with Gasteiger partial charge in [-0.05, 0) is 42.8 Å². The Morgan fingerprint density at radius 3 is 2.67 bits per heavy atom. The number of nitrogens with zero attached hydrogens (tertiary/aromatic N) is 1. The van der Waals surface area contributed by atoms with Crippen molar-refractivity contribution in [2.75, 3.05) is 11.9 Å². The van der Waals surface area contributed by atoms with Gasteiger partial charge < -0.3 is 15.1 Å². The first-order valence-electron chi connectivity index (χ1n) is 5.85. The minimum atomic E-state index is 0.524.